The summed E-state index contributed by atoms with van der Waals surface area (Å²) in [7, 11) is 6.57. The van der Waals surface area contributed by atoms with E-state index >= 15 is 0 Å². The van der Waals surface area contributed by atoms with E-state index in [1.807, 2.05) is 23.7 Å². The SMILES string of the molecule is CN=C(NCCCn1nc(C)cc1C)NCc1ccc(OC)c(OC)c1OC. The van der Waals surface area contributed by atoms with Gasteiger partial charge in [-0.15, -0.1) is 0 Å². The molecule has 0 fully saturated rings. The molecule has 1 aromatic carbocycles. The van der Waals surface area contributed by atoms with Crippen molar-refractivity contribution in [3.8, 4) is 17.2 Å². The molecule has 0 aliphatic carbocycles. The third-order valence-electron chi connectivity index (χ3n) is 4.40. The van der Waals surface area contributed by atoms with Crippen LogP contribution in [0.4, 0.5) is 0 Å². The second-order valence-electron chi connectivity index (χ2n) is 6.35. The number of aliphatic imine (C=N–C) groups is 1. The molecule has 0 saturated heterocycles. The van der Waals surface area contributed by atoms with Crippen LogP contribution in [-0.2, 0) is 13.1 Å². The van der Waals surface area contributed by atoms with Crippen molar-refractivity contribution in [1.29, 1.82) is 0 Å². The number of aromatic nitrogens is 2. The summed E-state index contributed by atoms with van der Waals surface area (Å²) in [5.41, 5.74) is 3.18. The van der Waals surface area contributed by atoms with Crippen LogP contribution >= 0.6 is 0 Å². The summed E-state index contributed by atoms with van der Waals surface area (Å²) in [5, 5.41) is 11.1. The van der Waals surface area contributed by atoms with Crippen LogP contribution in [0.5, 0.6) is 17.2 Å². The van der Waals surface area contributed by atoms with Gasteiger partial charge in [-0.05, 0) is 38.5 Å². The molecule has 8 nitrogen and oxygen atoms in total. The molecule has 0 aliphatic rings. The summed E-state index contributed by atoms with van der Waals surface area (Å²) in [6.45, 7) is 6.29. The lowest BCUT2D eigenvalue weighted by molar-refractivity contribution is 0.322. The quantitative estimate of drug-likeness (QED) is 0.389. The summed E-state index contributed by atoms with van der Waals surface area (Å²) in [4.78, 5) is 4.28. The summed E-state index contributed by atoms with van der Waals surface area (Å²) in [5.74, 6) is 2.59. The highest BCUT2D eigenvalue weighted by Gasteiger charge is 2.15. The Balaban J connectivity index is 1.89. The van der Waals surface area contributed by atoms with Crippen LogP contribution in [0, 0.1) is 13.8 Å². The van der Waals surface area contributed by atoms with E-state index in [4.69, 9.17) is 14.2 Å². The molecule has 2 rings (SSSR count). The average Bonchev–Trinajstić information content (AvgIpc) is 3.03. The van der Waals surface area contributed by atoms with Crippen LogP contribution in [-0.4, -0.2) is 50.7 Å². The van der Waals surface area contributed by atoms with Crippen molar-refractivity contribution in [2.24, 2.45) is 4.99 Å². The maximum Gasteiger partial charge on any atom is 0.203 e. The number of hydrogen-bond acceptors (Lipinski definition) is 5. The topological polar surface area (TPSA) is 81.9 Å². The van der Waals surface area contributed by atoms with Gasteiger partial charge in [0, 0.05) is 37.9 Å². The molecule has 1 heterocycles. The predicted octanol–water partition coefficient (Wildman–Crippen LogP) is 2.28. The van der Waals surface area contributed by atoms with E-state index in [1.54, 1.807) is 28.4 Å². The molecule has 1 aromatic heterocycles. The first kappa shape index (κ1) is 21.4. The molecular weight excluding hydrogens is 358 g/mol. The van der Waals surface area contributed by atoms with Crippen LogP contribution in [0.2, 0.25) is 0 Å². The van der Waals surface area contributed by atoms with E-state index in [0.29, 0.717) is 23.8 Å². The molecule has 2 aromatic rings. The van der Waals surface area contributed by atoms with E-state index in [1.165, 1.54) is 5.69 Å². The third-order valence-corrected chi connectivity index (χ3v) is 4.40. The predicted molar refractivity (Wildman–Crippen MR) is 111 cm³/mol. The highest BCUT2D eigenvalue weighted by atomic mass is 16.5. The van der Waals surface area contributed by atoms with Gasteiger partial charge < -0.3 is 24.8 Å². The number of rotatable bonds is 9. The lowest BCUT2D eigenvalue weighted by atomic mass is 10.1. The van der Waals surface area contributed by atoms with Crippen molar-refractivity contribution in [3.05, 3.63) is 35.2 Å². The van der Waals surface area contributed by atoms with Crippen molar-refractivity contribution >= 4 is 5.96 Å². The van der Waals surface area contributed by atoms with E-state index in [9.17, 15) is 0 Å². The van der Waals surface area contributed by atoms with Crippen LogP contribution in [0.1, 0.15) is 23.4 Å². The number of methoxy groups -OCH3 is 3. The van der Waals surface area contributed by atoms with E-state index < -0.39 is 0 Å². The molecule has 2 N–H and O–H groups in total. The number of nitrogens with zero attached hydrogens (tertiary/aromatic N) is 3. The van der Waals surface area contributed by atoms with Gasteiger partial charge in [-0.1, -0.05) is 0 Å². The Morgan fingerprint density at radius 2 is 1.82 bits per heavy atom. The molecule has 28 heavy (non-hydrogen) atoms. The third kappa shape index (κ3) is 5.31. The van der Waals surface area contributed by atoms with Crippen LogP contribution in [0.25, 0.3) is 0 Å². The smallest absolute Gasteiger partial charge is 0.203 e. The molecule has 0 saturated carbocycles. The maximum atomic E-state index is 5.52. The molecule has 0 spiro atoms. The van der Waals surface area contributed by atoms with E-state index in [-0.39, 0.29) is 0 Å². The highest BCUT2D eigenvalue weighted by molar-refractivity contribution is 5.79. The van der Waals surface area contributed by atoms with Gasteiger partial charge >= 0.3 is 0 Å². The minimum absolute atomic E-state index is 0.542. The molecule has 0 atom stereocenters. The monoisotopic (exact) mass is 389 g/mol. The van der Waals surface area contributed by atoms with Crippen molar-refractivity contribution in [2.75, 3.05) is 34.9 Å². The molecule has 0 unspecified atom stereocenters. The lowest BCUT2D eigenvalue weighted by Crippen LogP contribution is -2.37. The van der Waals surface area contributed by atoms with Gasteiger partial charge in [-0.3, -0.25) is 9.67 Å². The molecule has 0 aliphatic heterocycles. The van der Waals surface area contributed by atoms with Gasteiger partial charge in [0.05, 0.1) is 27.0 Å². The number of ether oxygens (including phenoxy) is 3. The lowest BCUT2D eigenvalue weighted by Gasteiger charge is -2.17. The second kappa shape index (κ2) is 10.4. The molecule has 8 heteroatoms. The minimum atomic E-state index is 0.542. The van der Waals surface area contributed by atoms with E-state index in [2.05, 4.69) is 33.7 Å². The van der Waals surface area contributed by atoms with Gasteiger partial charge in [0.2, 0.25) is 5.75 Å². The zero-order valence-corrected chi connectivity index (χ0v) is 17.6. The van der Waals surface area contributed by atoms with Crippen molar-refractivity contribution in [3.63, 3.8) is 0 Å². The van der Waals surface area contributed by atoms with Gasteiger partial charge in [0.1, 0.15) is 0 Å². The van der Waals surface area contributed by atoms with Crippen molar-refractivity contribution in [1.82, 2.24) is 20.4 Å². The zero-order valence-electron chi connectivity index (χ0n) is 17.6. The average molecular weight is 390 g/mol. The first-order valence-corrected chi connectivity index (χ1v) is 9.27. The minimum Gasteiger partial charge on any atom is -0.493 e. The van der Waals surface area contributed by atoms with Gasteiger partial charge in [-0.25, -0.2) is 0 Å². The number of benzene rings is 1. The maximum absolute atomic E-state index is 5.52. The Bertz CT molecular complexity index is 801. The van der Waals surface area contributed by atoms with Crippen LogP contribution in [0.15, 0.2) is 23.2 Å². The first-order chi connectivity index (χ1) is 13.5. The fourth-order valence-electron chi connectivity index (χ4n) is 3.04. The number of aryl methyl sites for hydroxylation is 3. The normalized spacial score (nSPS) is 11.3. The molecule has 0 amide bonds. The second-order valence-corrected chi connectivity index (χ2v) is 6.35. The van der Waals surface area contributed by atoms with Crippen LogP contribution in [0.3, 0.4) is 0 Å². The fourth-order valence-corrected chi connectivity index (χ4v) is 3.04. The van der Waals surface area contributed by atoms with Gasteiger partial charge in [-0.2, -0.15) is 5.10 Å². The van der Waals surface area contributed by atoms with E-state index in [0.717, 1.165) is 36.7 Å². The summed E-state index contributed by atoms with van der Waals surface area (Å²) < 4.78 is 18.3. The first-order valence-electron chi connectivity index (χ1n) is 9.27. The van der Waals surface area contributed by atoms with Crippen molar-refractivity contribution in [2.45, 2.75) is 33.4 Å². The number of hydrogen-bond donors (Lipinski definition) is 2. The standard InChI is InChI=1S/C20H31N5O3/c1-14-12-15(2)25(24-14)11-7-10-22-20(21-3)23-13-16-8-9-17(26-4)19(28-6)18(16)27-5/h8-9,12H,7,10-11,13H2,1-6H3,(H2,21,22,23). The Morgan fingerprint density at radius 1 is 1.07 bits per heavy atom. The Hall–Kier alpha value is -2.90. The van der Waals surface area contributed by atoms with Crippen molar-refractivity contribution < 1.29 is 14.2 Å². The van der Waals surface area contributed by atoms with Crippen LogP contribution < -0.4 is 24.8 Å². The zero-order chi connectivity index (χ0) is 20.5. The molecule has 0 bridgehead atoms. The number of guanidine groups is 1. The van der Waals surface area contributed by atoms with Gasteiger partial charge in [0.25, 0.3) is 0 Å². The Kier molecular flexibility index (Phi) is 7.98. The Labute approximate surface area is 166 Å². The summed E-state index contributed by atoms with van der Waals surface area (Å²) in [6, 6.07) is 5.90. The Morgan fingerprint density at radius 3 is 2.39 bits per heavy atom. The number of nitrogens with one attached hydrogen (secondary N) is 2. The molecule has 154 valence electrons. The molecular formula is C20H31N5O3. The largest absolute Gasteiger partial charge is 0.493 e. The summed E-state index contributed by atoms with van der Waals surface area (Å²) in [6.07, 6.45) is 0.947. The molecule has 0 radical (unpaired) electrons. The summed E-state index contributed by atoms with van der Waals surface area (Å²) >= 11 is 0. The highest BCUT2D eigenvalue weighted by Crippen LogP contribution is 2.39. The van der Waals surface area contributed by atoms with Gasteiger partial charge in [0.15, 0.2) is 17.5 Å². The fraction of sp³-hybridized carbons (Fsp3) is 0.500.